The highest BCUT2D eigenvalue weighted by Gasteiger charge is 2.21. The monoisotopic (exact) mass is 208 g/mol. The highest BCUT2D eigenvalue weighted by molar-refractivity contribution is 5.92. The summed E-state index contributed by atoms with van der Waals surface area (Å²) in [5.74, 6) is 0. The van der Waals surface area contributed by atoms with Crippen molar-refractivity contribution in [3.05, 3.63) is 53.6 Å². The van der Waals surface area contributed by atoms with Crippen molar-refractivity contribution < 1.29 is 0 Å². The molecule has 0 spiro atoms. The van der Waals surface area contributed by atoms with Gasteiger partial charge in [0.05, 0.1) is 0 Å². The normalized spacial score (nSPS) is 17.4. The van der Waals surface area contributed by atoms with E-state index in [1.165, 1.54) is 21.9 Å². The molecule has 0 unspecified atom stereocenters. The maximum absolute atomic E-state index is 2.34. The number of allylic oxidation sites excluding steroid dienone is 1. The lowest BCUT2D eigenvalue weighted by atomic mass is 9.78. The molecule has 0 saturated heterocycles. The standard InChI is InChI=1S/C16H16/c1-16(2)10-9-15-13(11-16)8-7-12-5-3-4-6-14(12)15/h3-10H,11H2,1-2H3. The molecule has 1 aliphatic rings. The summed E-state index contributed by atoms with van der Waals surface area (Å²) >= 11 is 0. The van der Waals surface area contributed by atoms with Gasteiger partial charge >= 0.3 is 0 Å². The zero-order valence-corrected chi connectivity index (χ0v) is 9.83. The highest BCUT2D eigenvalue weighted by atomic mass is 14.2. The Morgan fingerprint density at radius 2 is 1.81 bits per heavy atom. The molecule has 0 heteroatoms. The summed E-state index contributed by atoms with van der Waals surface area (Å²) in [6, 6.07) is 13.1. The van der Waals surface area contributed by atoms with Crippen LogP contribution in [0.4, 0.5) is 0 Å². The van der Waals surface area contributed by atoms with Gasteiger partial charge in [-0.1, -0.05) is 62.4 Å². The first kappa shape index (κ1) is 9.65. The van der Waals surface area contributed by atoms with E-state index in [2.05, 4.69) is 62.4 Å². The number of hydrogen-bond donors (Lipinski definition) is 0. The summed E-state index contributed by atoms with van der Waals surface area (Å²) in [4.78, 5) is 0. The van der Waals surface area contributed by atoms with Crippen LogP contribution in [-0.4, -0.2) is 0 Å². The van der Waals surface area contributed by atoms with Crippen molar-refractivity contribution in [1.82, 2.24) is 0 Å². The average Bonchev–Trinajstić information content (AvgIpc) is 2.27. The predicted octanol–water partition coefficient (Wildman–Crippen LogP) is 4.44. The van der Waals surface area contributed by atoms with E-state index in [-0.39, 0.29) is 0 Å². The van der Waals surface area contributed by atoms with Gasteiger partial charge in [0.15, 0.2) is 0 Å². The fraction of sp³-hybridized carbons (Fsp3) is 0.250. The molecule has 0 N–H and O–H groups in total. The first-order valence-electron chi connectivity index (χ1n) is 5.86. The van der Waals surface area contributed by atoms with Crippen LogP contribution < -0.4 is 0 Å². The highest BCUT2D eigenvalue weighted by Crippen LogP contribution is 2.35. The summed E-state index contributed by atoms with van der Waals surface area (Å²) < 4.78 is 0. The molecule has 0 heterocycles. The summed E-state index contributed by atoms with van der Waals surface area (Å²) in [5, 5.41) is 2.72. The Bertz CT molecular complexity index is 574. The Hall–Kier alpha value is -1.56. The van der Waals surface area contributed by atoms with E-state index < -0.39 is 0 Å². The second kappa shape index (κ2) is 3.21. The zero-order valence-electron chi connectivity index (χ0n) is 9.83. The lowest BCUT2D eigenvalue weighted by Crippen LogP contribution is -2.15. The SMILES string of the molecule is CC1(C)C=Cc2c(ccc3ccccc23)C1. The number of benzene rings is 2. The van der Waals surface area contributed by atoms with E-state index in [1.807, 2.05) is 0 Å². The molecule has 1 aliphatic carbocycles. The van der Waals surface area contributed by atoms with Gasteiger partial charge in [0, 0.05) is 0 Å². The molecule has 0 atom stereocenters. The Morgan fingerprint density at radius 3 is 2.69 bits per heavy atom. The van der Waals surface area contributed by atoms with Crippen LogP contribution in [0.15, 0.2) is 42.5 Å². The van der Waals surface area contributed by atoms with Crippen LogP contribution in [0.3, 0.4) is 0 Å². The first-order valence-corrected chi connectivity index (χ1v) is 5.86. The third-order valence-electron chi connectivity index (χ3n) is 3.41. The fourth-order valence-corrected chi connectivity index (χ4v) is 2.55. The van der Waals surface area contributed by atoms with E-state index in [0.29, 0.717) is 5.41 Å². The van der Waals surface area contributed by atoms with E-state index in [1.54, 1.807) is 0 Å². The van der Waals surface area contributed by atoms with Gasteiger partial charge < -0.3 is 0 Å². The van der Waals surface area contributed by atoms with Crippen molar-refractivity contribution in [2.45, 2.75) is 20.3 Å². The molecule has 80 valence electrons. The molecule has 0 nitrogen and oxygen atoms in total. The molecule has 3 rings (SSSR count). The third-order valence-corrected chi connectivity index (χ3v) is 3.41. The van der Waals surface area contributed by atoms with Crippen LogP contribution in [0.5, 0.6) is 0 Å². The lowest BCUT2D eigenvalue weighted by Gasteiger charge is -2.26. The molecular weight excluding hydrogens is 192 g/mol. The lowest BCUT2D eigenvalue weighted by molar-refractivity contribution is 0.475. The van der Waals surface area contributed by atoms with Crippen LogP contribution in [-0.2, 0) is 6.42 Å². The molecule has 2 aromatic rings. The second-order valence-corrected chi connectivity index (χ2v) is 5.36. The maximum atomic E-state index is 2.34. The van der Waals surface area contributed by atoms with Crippen LogP contribution in [0, 0.1) is 5.41 Å². The van der Waals surface area contributed by atoms with Crippen molar-refractivity contribution in [1.29, 1.82) is 0 Å². The minimum absolute atomic E-state index is 0.301. The predicted molar refractivity (Wildman–Crippen MR) is 70.5 cm³/mol. The molecular formula is C16H16. The van der Waals surface area contributed by atoms with Gasteiger partial charge in [-0.25, -0.2) is 0 Å². The Morgan fingerprint density at radius 1 is 1.00 bits per heavy atom. The van der Waals surface area contributed by atoms with E-state index in [4.69, 9.17) is 0 Å². The summed E-state index contributed by atoms with van der Waals surface area (Å²) in [6.45, 7) is 4.59. The third kappa shape index (κ3) is 1.46. The number of hydrogen-bond acceptors (Lipinski definition) is 0. The summed E-state index contributed by atoms with van der Waals surface area (Å²) in [6.07, 6.45) is 5.77. The minimum Gasteiger partial charge on any atom is -0.0779 e. The van der Waals surface area contributed by atoms with Gasteiger partial charge in [-0.2, -0.15) is 0 Å². The van der Waals surface area contributed by atoms with E-state index in [0.717, 1.165) is 6.42 Å². The maximum Gasteiger partial charge on any atom is -0.0109 e. The first-order chi connectivity index (χ1) is 7.66. The largest absolute Gasteiger partial charge is 0.0779 e. The quantitative estimate of drug-likeness (QED) is 0.600. The van der Waals surface area contributed by atoms with Crippen molar-refractivity contribution >= 4 is 16.8 Å². The van der Waals surface area contributed by atoms with E-state index in [9.17, 15) is 0 Å². The molecule has 0 bridgehead atoms. The van der Waals surface area contributed by atoms with Gasteiger partial charge in [-0.15, -0.1) is 0 Å². The average molecular weight is 208 g/mol. The van der Waals surface area contributed by atoms with Gasteiger partial charge in [0.1, 0.15) is 0 Å². The molecule has 0 saturated carbocycles. The smallest absolute Gasteiger partial charge is 0.0109 e. The summed E-state index contributed by atoms with van der Waals surface area (Å²) in [5.41, 5.74) is 3.19. The molecule has 0 amide bonds. The van der Waals surface area contributed by atoms with Crippen LogP contribution >= 0.6 is 0 Å². The number of rotatable bonds is 0. The van der Waals surface area contributed by atoms with Gasteiger partial charge in [-0.3, -0.25) is 0 Å². The molecule has 0 fully saturated rings. The molecule has 0 aliphatic heterocycles. The van der Waals surface area contributed by atoms with Crippen molar-refractivity contribution in [2.24, 2.45) is 5.41 Å². The zero-order chi connectivity index (χ0) is 11.2. The topological polar surface area (TPSA) is 0 Å². The second-order valence-electron chi connectivity index (χ2n) is 5.36. The van der Waals surface area contributed by atoms with E-state index >= 15 is 0 Å². The fourth-order valence-electron chi connectivity index (χ4n) is 2.55. The Kier molecular flexibility index (Phi) is 1.94. The van der Waals surface area contributed by atoms with Gasteiger partial charge in [0.2, 0.25) is 0 Å². The van der Waals surface area contributed by atoms with Crippen LogP contribution in [0.2, 0.25) is 0 Å². The summed E-state index contributed by atoms with van der Waals surface area (Å²) in [7, 11) is 0. The molecule has 0 radical (unpaired) electrons. The van der Waals surface area contributed by atoms with Crippen molar-refractivity contribution in [3.63, 3.8) is 0 Å². The Labute approximate surface area is 96.6 Å². The van der Waals surface area contributed by atoms with Gasteiger partial charge in [0.25, 0.3) is 0 Å². The molecule has 0 aromatic heterocycles. The number of fused-ring (bicyclic) bond motifs is 3. The molecule has 2 aromatic carbocycles. The van der Waals surface area contributed by atoms with Crippen molar-refractivity contribution in [2.75, 3.05) is 0 Å². The van der Waals surface area contributed by atoms with Crippen LogP contribution in [0.1, 0.15) is 25.0 Å². The Balaban J connectivity index is 2.29. The van der Waals surface area contributed by atoms with Crippen LogP contribution in [0.25, 0.3) is 16.8 Å². The van der Waals surface area contributed by atoms with Crippen molar-refractivity contribution in [3.8, 4) is 0 Å². The molecule has 16 heavy (non-hydrogen) atoms. The minimum atomic E-state index is 0.301. The van der Waals surface area contributed by atoms with Gasteiger partial charge in [-0.05, 0) is 33.7 Å².